The minimum absolute atomic E-state index is 0.0210. The van der Waals surface area contributed by atoms with Crippen LogP contribution in [0, 0.1) is 0 Å². The molecular weight excluding hydrogens is 400 g/mol. The number of piperidine rings is 1. The second kappa shape index (κ2) is 6.77. The van der Waals surface area contributed by atoms with Crippen LogP contribution in [0.4, 0.5) is 0 Å². The smallest absolute Gasteiger partial charge is 0.257 e. The van der Waals surface area contributed by atoms with Gasteiger partial charge >= 0.3 is 0 Å². The largest absolute Gasteiger partial charge is 0.507 e. The van der Waals surface area contributed by atoms with Crippen LogP contribution in [0.15, 0.2) is 46.9 Å². The molecule has 3 aromatic rings. The van der Waals surface area contributed by atoms with E-state index in [9.17, 15) is 9.90 Å². The van der Waals surface area contributed by atoms with Crippen molar-refractivity contribution in [3.8, 4) is 5.75 Å². The molecule has 4 nitrogen and oxygen atoms in total. The Morgan fingerprint density at radius 2 is 1.96 bits per heavy atom. The Morgan fingerprint density at radius 3 is 2.68 bits per heavy atom. The molecule has 0 radical (unpaired) electrons. The lowest BCUT2D eigenvalue weighted by molar-refractivity contribution is 0.0710. The molecule has 0 bridgehead atoms. The molecule has 0 spiro atoms. The molecule has 0 aliphatic carbocycles. The van der Waals surface area contributed by atoms with Crippen LogP contribution in [0.25, 0.3) is 10.2 Å². The zero-order valence-electron chi connectivity index (χ0n) is 13.5. The summed E-state index contributed by atoms with van der Waals surface area (Å²) in [5.41, 5.74) is 1.42. The van der Waals surface area contributed by atoms with E-state index in [-0.39, 0.29) is 11.7 Å². The number of hydrogen-bond acceptors (Lipinski definition) is 4. The quantitative estimate of drug-likeness (QED) is 0.653. The number of likely N-dealkylation sites (tertiary alicyclic amines) is 1. The number of fused-ring (bicyclic) bond motifs is 1. The van der Waals surface area contributed by atoms with Gasteiger partial charge in [0.15, 0.2) is 0 Å². The molecule has 0 unspecified atom stereocenters. The Bertz CT molecular complexity index is 899. The number of aromatic nitrogens is 1. The van der Waals surface area contributed by atoms with Crippen LogP contribution in [0.3, 0.4) is 0 Å². The summed E-state index contributed by atoms with van der Waals surface area (Å²) in [7, 11) is 0. The molecule has 2 heterocycles. The first-order valence-corrected chi connectivity index (χ1v) is 9.86. The molecule has 1 fully saturated rings. The molecule has 6 heteroatoms. The summed E-state index contributed by atoms with van der Waals surface area (Å²) in [4.78, 5) is 19.2. The normalized spacial score (nSPS) is 15.6. The Labute approximate surface area is 158 Å². The molecule has 1 aliphatic heterocycles. The van der Waals surface area contributed by atoms with Crippen molar-refractivity contribution in [2.75, 3.05) is 13.1 Å². The molecular formula is C19H17BrN2O2S. The molecule has 1 amide bonds. The number of thiazole rings is 1. The highest BCUT2D eigenvalue weighted by Crippen LogP contribution is 2.34. The SMILES string of the molecule is O=C(c1ccc(Br)cc1O)N1CCC(c2nc3ccccc3s2)CC1. The van der Waals surface area contributed by atoms with Crippen LogP contribution in [0.2, 0.25) is 0 Å². The molecule has 1 saturated heterocycles. The van der Waals surface area contributed by atoms with Gasteiger partial charge in [-0.15, -0.1) is 11.3 Å². The number of hydrogen-bond donors (Lipinski definition) is 1. The van der Waals surface area contributed by atoms with Crippen molar-refractivity contribution in [2.45, 2.75) is 18.8 Å². The first-order chi connectivity index (χ1) is 12.1. The number of phenolic OH excluding ortho intramolecular Hbond substituents is 1. The maximum absolute atomic E-state index is 12.7. The van der Waals surface area contributed by atoms with E-state index in [0.29, 0.717) is 24.6 Å². The van der Waals surface area contributed by atoms with Crippen molar-refractivity contribution in [3.63, 3.8) is 0 Å². The number of rotatable bonds is 2. The summed E-state index contributed by atoms with van der Waals surface area (Å²) in [6.45, 7) is 1.38. The lowest BCUT2D eigenvalue weighted by Crippen LogP contribution is -2.37. The van der Waals surface area contributed by atoms with Crippen molar-refractivity contribution >= 4 is 43.4 Å². The highest BCUT2D eigenvalue weighted by molar-refractivity contribution is 9.10. The standard InChI is InChI=1S/C19H17BrN2O2S/c20-13-5-6-14(16(23)11-13)19(24)22-9-7-12(8-10-22)18-21-15-3-1-2-4-17(15)25-18/h1-6,11-12,23H,7-10H2. The van der Waals surface area contributed by atoms with Crippen LogP contribution in [-0.4, -0.2) is 34.0 Å². The van der Waals surface area contributed by atoms with E-state index < -0.39 is 0 Å². The summed E-state index contributed by atoms with van der Waals surface area (Å²) >= 11 is 5.05. The number of carbonyl (C=O) groups excluding carboxylic acids is 1. The average molecular weight is 417 g/mol. The molecule has 0 saturated carbocycles. The molecule has 1 N–H and O–H groups in total. The molecule has 4 rings (SSSR count). The number of amides is 1. The van der Waals surface area contributed by atoms with Gasteiger partial charge in [0.2, 0.25) is 0 Å². The van der Waals surface area contributed by atoms with Gasteiger partial charge in [-0.1, -0.05) is 28.1 Å². The fraction of sp³-hybridized carbons (Fsp3) is 0.263. The predicted octanol–water partition coefficient (Wildman–Crippen LogP) is 4.78. The molecule has 128 valence electrons. The van der Waals surface area contributed by atoms with Gasteiger partial charge in [0.1, 0.15) is 5.75 Å². The van der Waals surface area contributed by atoms with E-state index in [1.54, 1.807) is 29.5 Å². The number of benzene rings is 2. The maximum atomic E-state index is 12.7. The zero-order valence-corrected chi connectivity index (χ0v) is 15.9. The number of halogens is 1. The maximum Gasteiger partial charge on any atom is 0.257 e. The summed E-state index contributed by atoms with van der Waals surface area (Å²) in [6, 6.07) is 13.2. The fourth-order valence-electron chi connectivity index (χ4n) is 3.25. The van der Waals surface area contributed by atoms with Crippen LogP contribution < -0.4 is 0 Å². The molecule has 0 atom stereocenters. The second-order valence-corrected chi connectivity index (χ2v) is 8.23. The predicted molar refractivity (Wildman–Crippen MR) is 103 cm³/mol. The fourth-order valence-corrected chi connectivity index (χ4v) is 4.74. The number of para-hydroxylation sites is 1. The summed E-state index contributed by atoms with van der Waals surface area (Å²) in [5.74, 6) is 0.320. The van der Waals surface area contributed by atoms with Crippen molar-refractivity contribution in [1.82, 2.24) is 9.88 Å². The molecule has 2 aromatic carbocycles. The highest BCUT2D eigenvalue weighted by atomic mass is 79.9. The monoisotopic (exact) mass is 416 g/mol. The van der Waals surface area contributed by atoms with Gasteiger partial charge in [0.05, 0.1) is 20.8 Å². The van der Waals surface area contributed by atoms with Gasteiger partial charge in [-0.3, -0.25) is 4.79 Å². The zero-order chi connectivity index (χ0) is 17.4. The van der Waals surface area contributed by atoms with Gasteiger partial charge in [0, 0.05) is 23.5 Å². The third-order valence-electron chi connectivity index (χ3n) is 4.63. The summed E-state index contributed by atoms with van der Waals surface area (Å²) in [5, 5.41) is 11.2. The molecule has 1 aromatic heterocycles. The minimum atomic E-state index is -0.104. The average Bonchev–Trinajstić information content (AvgIpc) is 3.05. The van der Waals surface area contributed by atoms with Crippen LogP contribution in [0.5, 0.6) is 5.75 Å². The van der Waals surface area contributed by atoms with E-state index in [1.807, 2.05) is 23.1 Å². The van der Waals surface area contributed by atoms with Crippen molar-refractivity contribution in [1.29, 1.82) is 0 Å². The lowest BCUT2D eigenvalue weighted by Gasteiger charge is -2.31. The number of nitrogens with zero attached hydrogens (tertiary/aromatic N) is 2. The Morgan fingerprint density at radius 1 is 1.20 bits per heavy atom. The van der Waals surface area contributed by atoms with Crippen LogP contribution in [0.1, 0.15) is 34.1 Å². The molecule has 1 aliphatic rings. The number of aromatic hydroxyl groups is 1. The van der Waals surface area contributed by atoms with E-state index in [1.165, 1.54) is 9.71 Å². The lowest BCUT2D eigenvalue weighted by atomic mass is 9.97. The number of phenols is 1. The topological polar surface area (TPSA) is 53.4 Å². The summed E-state index contributed by atoms with van der Waals surface area (Å²) < 4.78 is 1.98. The van der Waals surface area contributed by atoms with Gasteiger partial charge in [-0.05, 0) is 43.2 Å². The minimum Gasteiger partial charge on any atom is -0.507 e. The highest BCUT2D eigenvalue weighted by Gasteiger charge is 2.27. The summed E-state index contributed by atoms with van der Waals surface area (Å²) in [6.07, 6.45) is 1.81. The van der Waals surface area contributed by atoms with Crippen molar-refractivity contribution < 1.29 is 9.90 Å². The van der Waals surface area contributed by atoms with E-state index >= 15 is 0 Å². The second-order valence-electron chi connectivity index (χ2n) is 6.25. The first kappa shape index (κ1) is 16.5. The van der Waals surface area contributed by atoms with E-state index in [2.05, 4.69) is 22.0 Å². The Kier molecular flexibility index (Phi) is 4.48. The number of carbonyl (C=O) groups is 1. The van der Waals surface area contributed by atoms with Gasteiger partial charge in [0.25, 0.3) is 5.91 Å². The van der Waals surface area contributed by atoms with Gasteiger partial charge in [-0.25, -0.2) is 4.98 Å². The third kappa shape index (κ3) is 3.28. The first-order valence-electron chi connectivity index (χ1n) is 8.25. The van der Waals surface area contributed by atoms with Gasteiger partial charge in [-0.2, -0.15) is 0 Å². The van der Waals surface area contributed by atoms with E-state index in [0.717, 1.165) is 22.8 Å². The van der Waals surface area contributed by atoms with Crippen molar-refractivity contribution in [2.24, 2.45) is 0 Å². The van der Waals surface area contributed by atoms with Crippen LogP contribution in [-0.2, 0) is 0 Å². The third-order valence-corrected chi connectivity index (χ3v) is 6.32. The van der Waals surface area contributed by atoms with Crippen molar-refractivity contribution in [3.05, 3.63) is 57.5 Å². The van der Waals surface area contributed by atoms with Gasteiger partial charge < -0.3 is 10.0 Å². The van der Waals surface area contributed by atoms with E-state index in [4.69, 9.17) is 4.98 Å². The molecule has 25 heavy (non-hydrogen) atoms. The van der Waals surface area contributed by atoms with Crippen LogP contribution >= 0.6 is 27.3 Å². The Hall–Kier alpha value is -1.92. The Balaban J connectivity index is 1.46.